The summed E-state index contributed by atoms with van der Waals surface area (Å²) in [5.74, 6) is 1.67. The van der Waals surface area contributed by atoms with Gasteiger partial charge in [-0.05, 0) is 88.2 Å². The predicted octanol–water partition coefficient (Wildman–Crippen LogP) is 4.79. The van der Waals surface area contributed by atoms with Crippen LogP contribution in [0.15, 0.2) is 30.3 Å². The maximum absolute atomic E-state index is 7.17. The van der Waals surface area contributed by atoms with E-state index in [1.54, 1.807) is 0 Å². The van der Waals surface area contributed by atoms with E-state index in [0.717, 1.165) is 11.8 Å². The summed E-state index contributed by atoms with van der Waals surface area (Å²) in [5.41, 5.74) is 5.78. The molecule has 4 nitrogen and oxygen atoms in total. The van der Waals surface area contributed by atoms with Crippen molar-refractivity contribution in [1.29, 1.82) is 0 Å². The van der Waals surface area contributed by atoms with Gasteiger partial charge in [0.15, 0.2) is 0 Å². The van der Waals surface area contributed by atoms with Gasteiger partial charge in [-0.15, -0.1) is 0 Å². The second-order valence-corrected chi connectivity index (χ2v) is 11.8. The highest BCUT2D eigenvalue weighted by Crippen LogP contribution is 2.55. The molecule has 6 aliphatic rings. The highest BCUT2D eigenvalue weighted by molar-refractivity contribution is 5.32. The molecule has 7 bridgehead atoms. The number of hydrogen-bond donors (Lipinski definition) is 2. The highest BCUT2D eigenvalue weighted by Gasteiger charge is 2.56. The van der Waals surface area contributed by atoms with Crippen LogP contribution in [0.1, 0.15) is 82.6 Å². The normalized spacial score (nSPS) is 44.9. The average Bonchev–Trinajstić information content (AvgIpc) is 3.30. The SMILES string of the molecule is c1ccc(C23CCC4(CC2)C[C@@H]3OC2CCCC(CCN3CC(CCCN4)CN3)C2)cc1. The minimum Gasteiger partial charge on any atom is -0.374 e. The Balaban J connectivity index is 1.25. The molecule has 4 heteroatoms. The zero-order valence-corrected chi connectivity index (χ0v) is 19.9. The van der Waals surface area contributed by atoms with Crippen LogP contribution in [0.5, 0.6) is 0 Å². The van der Waals surface area contributed by atoms with Crippen LogP contribution < -0.4 is 10.7 Å². The van der Waals surface area contributed by atoms with Gasteiger partial charge in [0.1, 0.15) is 0 Å². The van der Waals surface area contributed by atoms with E-state index in [4.69, 9.17) is 4.74 Å². The molecule has 176 valence electrons. The maximum atomic E-state index is 7.17. The van der Waals surface area contributed by atoms with Gasteiger partial charge in [-0.25, -0.2) is 5.01 Å². The Morgan fingerprint density at radius 1 is 0.906 bits per heavy atom. The smallest absolute Gasteiger partial charge is 0.0693 e. The Labute approximate surface area is 194 Å². The zero-order chi connectivity index (χ0) is 21.4. The lowest BCUT2D eigenvalue weighted by molar-refractivity contribution is -0.133. The van der Waals surface area contributed by atoms with Gasteiger partial charge in [-0.2, -0.15) is 0 Å². The second-order valence-electron chi connectivity index (χ2n) is 11.8. The Hall–Kier alpha value is -0.940. The van der Waals surface area contributed by atoms with Gasteiger partial charge in [0.05, 0.1) is 12.2 Å². The summed E-state index contributed by atoms with van der Waals surface area (Å²) in [6.07, 6.45) is 16.5. The topological polar surface area (TPSA) is 36.5 Å². The molecule has 0 aromatic heterocycles. The molecule has 2 heterocycles. The first kappa shape index (κ1) is 21.6. The Morgan fingerprint density at radius 2 is 1.75 bits per heavy atom. The van der Waals surface area contributed by atoms with Crippen molar-refractivity contribution in [3.63, 3.8) is 0 Å². The van der Waals surface area contributed by atoms with Gasteiger partial charge in [0.25, 0.3) is 0 Å². The fourth-order valence-corrected chi connectivity index (χ4v) is 7.93. The van der Waals surface area contributed by atoms with Crippen LogP contribution in [0.25, 0.3) is 0 Å². The number of fused-ring (bicyclic) bond motifs is 6. The first-order valence-corrected chi connectivity index (χ1v) is 13.7. The molecule has 0 amide bonds. The predicted molar refractivity (Wildman–Crippen MR) is 129 cm³/mol. The van der Waals surface area contributed by atoms with Crippen LogP contribution in [0, 0.1) is 11.8 Å². The Kier molecular flexibility index (Phi) is 6.08. The quantitative estimate of drug-likeness (QED) is 0.662. The van der Waals surface area contributed by atoms with Crippen LogP contribution in [-0.2, 0) is 10.2 Å². The summed E-state index contributed by atoms with van der Waals surface area (Å²) in [5, 5.41) is 6.62. The molecule has 4 unspecified atom stereocenters. The van der Waals surface area contributed by atoms with Crippen LogP contribution in [0.3, 0.4) is 0 Å². The minimum absolute atomic E-state index is 0.234. The van der Waals surface area contributed by atoms with E-state index in [2.05, 4.69) is 46.1 Å². The molecular formula is C28H43N3O. The number of nitrogens with zero attached hydrogens (tertiary/aromatic N) is 1. The van der Waals surface area contributed by atoms with Crippen molar-refractivity contribution in [2.75, 3.05) is 26.2 Å². The highest BCUT2D eigenvalue weighted by atomic mass is 16.5. The van der Waals surface area contributed by atoms with E-state index >= 15 is 0 Å². The minimum atomic E-state index is 0.234. The van der Waals surface area contributed by atoms with Crippen molar-refractivity contribution in [3.05, 3.63) is 35.9 Å². The second kappa shape index (κ2) is 9.02. The summed E-state index contributed by atoms with van der Waals surface area (Å²) in [6.45, 7) is 4.82. The average molecular weight is 438 g/mol. The lowest BCUT2D eigenvalue weighted by Crippen LogP contribution is -2.63. The van der Waals surface area contributed by atoms with E-state index in [1.165, 1.54) is 109 Å². The van der Waals surface area contributed by atoms with E-state index < -0.39 is 0 Å². The van der Waals surface area contributed by atoms with E-state index in [1.807, 2.05) is 0 Å². The fraction of sp³-hybridized carbons (Fsp3) is 0.786. The molecule has 7 rings (SSSR count). The number of rotatable bonds is 1. The van der Waals surface area contributed by atoms with Crippen molar-refractivity contribution in [2.24, 2.45) is 11.8 Å². The van der Waals surface area contributed by atoms with Crippen molar-refractivity contribution >= 4 is 0 Å². The van der Waals surface area contributed by atoms with Crippen molar-refractivity contribution < 1.29 is 4.74 Å². The summed E-state index contributed by atoms with van der Waals surface area (Å²) in [4.78, 5) is 0. The molecule has 4 aliphatic carbocycles. The monoisotopic (exact) mass is 437 g/mol. The third-order valence-electron chi connectivity index (χ3n) is 9.91. The van der Waals surface area contributed by atoms with E-state index in [0.29, 0.717) is 17.7 Å². The number of benzene rings is 1. The Bertz CT molecular complexity index is 759. The first-order valence-electron chi connectivity index (χ1n) is 13.7. The standard InChI is InChI=1S/C28H43N3O/c1-2-8-24(9-3-1)28-14-12-27(13-15-28)19-26(28)32-25-10-4-6-22(18-25)11-17-31-21-23(20-30-31)7-5-16-29-27/h1-3,8-9,22-23,25-26,29-30H,4-7,10-21H2/t22?,23?,25?,26-,27?,28?/m0/s1. The molecule has 1 spiro atoms. The fourth-order valence-electron chi connectivity index (χ4n) is 7.93. The molecule has 6 fully saturated rings. The van der Waals surface area contributed by atoms with Gasteiger partial charge in [0.2, 0.25) is 0 Å². The molecule has 2 aliphatic heterocycles. The van der Waals surface area contributed by atoms with E-state index in [-0.39, 0.29) is 5.41 Å². The summed E-state index contributed by atoms with van der Waals surface area (Å²) in [7, 11) is 0. The van der Waals surface area contributed by atoms with Gasteiger partial charge in [-0.3, -0.25) is 5.43 Å². The molecular weight excluding hydrogens is 394 g/mol. The van der Waals surface area contributed by atoms with Gasteiger partial charge in [-0.1, -0.05) is 43.2 Å². The number of ether oxygens (including phenoxy) is 1. The molecule has 4 saturated carbocycles. The maximum Gasteiger partial charge on any atom is 0.0693 e. The van der Waals surface area contributed by atoms with Crippen molar-refractivity contribution in [2.45, 2.75) is 100 Å². The van der Waals surface area contributed by atoms with Gasteiger partial charge in [0, 0.05) is 30.6 Å². The van der Waals surface area contributed by atoms with Crippen molar-refractivity contribution in [3.8, 4) is 0 Å². The molecule has 32 heavy (non-hydrogen) atoms. The molecule has 1 aromatic carbocycles. The zero-order valence-electron chi connectivity index (χ0n) is 19.9. The first-order chi connectivity index (χ1) is 15.7. The summed E-state index contributed by atoms with van der Waals surface area (Å²) >= 11 is 0. The number of hydrazine groups is 1. The lowest BCUT2D eigenvalue weighted by atomic mass is 9.53. The molecule has 2 N–H and O–H groups in total. The van der Waals surface area contributed by atoms with E-state index in [9.17, 15) is 0 Å². The van der Waals surface area contributed by atoms with Crippen LogP contribution in [0.4, 0.5) is 0 Å². The molecule has 5 atom stereocenters. The van der Waals surface area contributed by atoms with Crippen LogP contribution in [-0.4, -0.2) is 48.9 Å². The molecule has 1 aromatic rings. The van der Waals surface area contributed by atoms with Gasteiger partial charge >= 0.3 is 0 Å². The van der Waals surface area contributed by atoms with Crippen molar-refractivity contribution in [1.82, 2.24) is 15.8 Å². The summed E-state index contributed by atoms with van der Waals surface area (Å²) in [6, 6.07) is 11.4. The largest absolute Gasteiger partial charge is 0.374 e. The molecule has 0 radical (unpaired) electrons. The third-order valence-corrected chi connectivity index (χ3v) is 9.91. The summed E-state index contributed by atoms with van der Waals surface area (Å²) < 4.78 is 7.17. The number of hydrogen-bond acceptors (Lipinski definition) is 4. The lowest BCUT2D eigenvalue weighted by Gasteiger charge is -2.59. The third kappa shape index (κ3) is 4.17. The van der Waals surface area contributed by atoms with Crippen LogP contribution >= 0.6 is 0 Å². The Morgan fingerprint density at radius 3 is 2.62 bits per heavy atom. The molecule has 2 saturated heterocycles. The number of nitrogens with one attached hydrogen (secondary N) is 2. The van der Waals surface area contributed by atoms with Crippen LogP contribution in [0.2, 0.25) is 0 Å². The van der Waals surface area contributed by atoms with Gasteiger partial charge < -0.3 is 10.1 Å².